The third kappa shape index (κ3) is 3.58. The van der Waals surface area contributed by atoms with Gasteiger partial charge in [-0.1, -0.05) is 12.1 Å². The lowest BCUT2D eigenvalue weighted by atomic mass is 10.1. The van der Waals surface area contributed by atoms with Crippen molar-refractivity contribution in [2.45, 2.75) is 20.5 Å². The number of benzene rings is 2. The van der Waals surface area contributed by atoms with Crippen LogP contribution in [0, 0.1) is 19.7 Å². The molecule has 0 aliphatic heterocycles. The van der Waals surface area contributed by atoms with Crippen molar-refractivity contribution in [3.63, 3.8) is 0 Å². The third-order valence-corrected chi connectivity index (χ3v) is 3.17. The lowest BCUT2D eigenvalue weighted by molar-refractivity contribution is 0.0953. The van der Waals surface area contributed by atoms with Crippen LogP contribution >= 0.6 is 0 Å². The van der Waals surface area contributed by atoms with Gasteiger partial charge in [0.25, 0.3) is 5.91 Å². The second-order valence-electron chi connectivity index (χ2n) is 4.84. The maximum absolute atomic E-state index is 13.8. The first-order chi connectivity index (χ1) is 10.0. The van der Waals surface area contributed by atoms with Crippen molar-refractivity contribution in [2.75, 3.05) is 0 Å². The summed E-state index contributed by atoms with van der Waals surface area (Å²) in [6, 6.07) is 9.85. The molecular weight excluding hydrogens is 271 g/mol. The van der Waals surface area contributed by atoms with Crippen molar-refractivity contribution >= 4 is 5.91 Å². The number of nitrogen functional groups attached to an aromatic ring is 1. The zero-order valence-corrected chi connectivity index (χ0v) is 11.9. The highest BCUT2D eigenvalue weighted by Crippen LogP contribution is 2.21. The Hall–Kier alpha value is -2.40. The molecule has 21 heavy (non-hydrogen) atoms. The SMILES string of the molecule is Cc1ccc(C)c(OCc2cc(C(=O)NN)ccc2F)c1. The number of rotatable bonds is 4. The van der Waals surface area contributed by atoms with Crippen LogP contribution in [-0.2, 0) is 6.61 Å². The fourth-order valence-electron chi connectivity index (χ4n) is 1.93. The molecule has 0 heterocycles. The number of nitrogens with two attached hydrogens (primary N) is 1. The molecule has 4 nitrogen and oxygen atoms in total. The van der Waals surface area contributed by atoms with Crippen molar-refractivity contribution in [1.29, 1.82) is 0 Å². The highest BCUT2D eigenvalue weighted by Gasteiger charge is 2.10. The van der Waals surface area contributed by atoms with E-state index < -0.39 is 11.7 Å². The fraction of sp³-hybridized carbons (Fsp3) is 0.188. The molecule has 0 bridgehead atoms. The van der Waals surface area contributed by atoms with E-state index in [2.05, 4.69) is 0 Å². The lowest BCUT2D eigenvalue weighted by Crippen LogP contribution is -2.30. The van der Waals surface area contributed by atoms with Gasteiger partial charge in [-0.2, -0.15) is 0 Å². The minimum absolute atomic E-state index is 0.0435. The van der Waals surface area contributed by atoms with Crippen LogP contribution in [0.25, 0.3) is 0 Å². The lowest BCUT2D eigenvalue weighted by Gasteiger charge is -2.11. The molecule has 110 valence electrons. The van der Waals surface area contributed by atoms with E-state index in [0.717, 1.165) is 11.1 Å². The van der Waals surface area contributed by atoms with Crippen LogP contribution in [0.4, 0.5) is 4.39 Å². The largest absolute Gasteiger partial charge is 0.489 e. The van der Waals surface area contributed by atoms with Gasteiger partial charge in [0.1, 0.15) is 18.2 Å². The van der Waals surface area contributed by atoms with Gasteiger partial charge >= 0.3 is 0 Å². The highest BCUT2D eigenvalue weighted by atomic mass is 19.1. The summed E-state index contributed by atoms with van der Waals surface area (Å²) in [5.41, 5.74) is 4.64. The molecule has 2 aromatic rings. The zero-order valence-electron chi connectivity index (χ0n) is 11.9. The summed E-state index contributed by atoms with van der Waals surface area (Å²) in [5.74, 6) is 4.87. The van der Waals surface area contributed by atoms with Gasteiger partial charge in [0.05, 0.1) is 0 Å². The van der Waals surface area contributed by atoms with Gasteiger partial charge in [-0.3, -0.25) is 10.2 Å². The zero-order chi connectivity index (χ0) is 15.4. The summed E-state index contributed by atoms with van der Waals surface area (Å²) < 4.78 is 19.4. The first-order valence-corrected chi connectivity index (χ1v) is 6.50. The fourth-order valence-corrected chi connectivity index (χ4v) is 1.93. The quantitative estimate of drug-likeness (QED) is 0.516. The van der Waals surface area contributed by atoms with Crippen molar-refractivity contribution in [3.8, 4) is 5.75 Å². The smallest absolute Gasteiger partial charge is 0.265 e. The van der Waals surface area contributed by atoms with Crippen LogP contribution in [-0.4, -0.2) is 5.91 Å². The normalized spacial score (nSPS) is 10.3. The van der Waals surface area contributed by atoms with Gasteiger partial charge in [0, 0.05) is 11.1 Å². The summed E-state index contributed by atoms with van der Waals surface area (Å²) in [6.45, 7) is 3.92. The number of hydrazine groups is 1. The van der Waals surface area contributed by atoms with E-state index in [0.29, 0.717) is 16.9 Å². The van der Waals surface area contributed by atoms with Crippen LogP contribution in [0.3, 0.4) is 0 Å². The molecule has 5 heteroatoms. The molecule has 0 aliphatic rings. The molecule has 0 radical (unpaired) electrons. The topological polar surface area (TPSA) is 64.3 Å². The van der Waals surface area contributed by atoms with E-state index in [-0.39, 0.29) is 6.61 Å². The molecule has 0 saturated heterocycles. The molecule has 2 aromatic carbocycles. The monoisotopic (exact) mass is 288 g/mol. The van der Waals surface area contributed by atoms with E-state index in [4.69, 9.17) is 10.6 Å². The molecule has 0 spiro atoms. The average molecular weight is 288 g/mol. The summed E-state index contributed by atoms with van der Waals surface area (Å²) in [5, 5.41) is 0. The number of ether oxygens (including phenoxy) is 1. The first kappa shape index (κ1) is 15.0. The van der Waals surface area contributed by atoms with Crippen LogP contribution in [0.1, 0.15) is 27.0 Å². The van der Waals surface area contributed by atoms with E-state index >= 15 is 0 Å². The van der Waals surface area contributed by atoms with E-state index in [1.807, 2.05) is 37.5 Å². The third-order valence-electron chi connectivity index (χ3n) is 3.17. The van der Waals surface area contributed by atoms with Crippen molar-refractivity contribution in [3.05, 3.63) is 64.5 Å². The molecule has 0 fully saturated rings. The number of nitrogens with one attached hydrogen (secondary N) is 1. The molecular formula is C16H17FN2O2. The van der Waals surface area contributed by atoms with Gasteiger partial charge in [0.2, 0.25) is 0 Å². The van der Waals surface area contributed by atoms with E-state index in [9.17, 15) is 9.18 Å². The number of carbonyl (C=O) groups is 1. The van der Waals surface area contributed by atoms with Crippen LogP contribution in [0.5, 0.6) is 5.75 Å². The summed E-state index contributed by atoms with van der Waals surface area (Å²) in [6.07, 6.45) is 0. The van der Waals surface area contributed by atoms with E-state index in [1.165, 1.54) is 18.2 Å². The second-order valence-corrected chi connectivity index (χ2v) is 4.84. The Bertz CT molecular complexity index is 671. The standard InChI is InChI=1S/C16H17FN2O2/c1-10-3-4-11(2)15(7-10)21-9-13-8-12(16(20)19-18)5-6-14(13)17/h3-8H,9,18H2,1-2H3,(H,19,20). The summed E-state index contributed by atoms with van der Waals surface area (Å²) in [4.78, 5) is 11.5. The van der Waals surface area contributed by atoms with Gasteiger partial charge < -0.3 is 4.74 Å². The highest BCUT2D eigenvalue weighted by molar-refractivity contribution is 5.93. The number of carbonyl (C=O) groups excluding carboxylic acids is 1. The second kappa shape index (κ2) is 6.37. The minimum Gasteiger partial charge on any atom is -0.489 e. The van der Waals surface area contributed by atoms with Crippen LogP contribution in [0.2, 0.25) is 0 Å². The molecule has 1 amide bonds. The van der Waals surface area contributed by atoms with Crippen LogP contribution in [0.15, 0.2) is 36.4 Å². The van der Waals surface area contributed by atoms with Crippen molar-refractivity contribution in [1.82, 2.24) is 5.43 Å². The molecule has 0 atom stereocenters. The molecule has 0 unspecified atom stereocenters. The minimum atomic E-state index is -0.469. The predicted octanol–water partition coefficient (Wildman–Crippen LogP) is 2.63. The van der Waals surface area contributed by atoms with E-state index in [1.54, 1.807) is 0 Å². The summed E-state index contributed by atoms with van der Waals surface area (Å²) in [7, 11) is 0. The maximum Gasteiger partial charge on any atom is 0.265 e. The van der Waals surface area contributed by atoms with Crippen molar-refractivity contribution in [2.24, 2.45) is 5.84 Å². The Morgan fingerprint density at radius 1 is 1.24 bits per heavy atom. The van der Waals surface area contributed by atoms with Crippen molar-refractivity contribution < 1.29 is 13.9 Å². The predicted molar refractivity (Wildman–Crippen MR) is 78.3 cm³/mol. The number of halogens is 1. The number of hydrogen-bond acceptors (Lipinski definition) is 3. The first-order valence-electron chi connectivity index (χ1n) is 6.50. The molecule has 2 rings (SSSR count). The van der Waals surface area contributed by atoms with Crippen LogP contribution < -0.4 is 16.0 Å². The Balaban J connectivity index is 2.19. The Labute approximate surface area is 122 Å². The number of aryl methyl sites for hydroxylation is 2. The molecule has 0 aliphatic carbocycles. The maximum atomic E-state index is 13.8. The Kier molecular flexibility index (Phi) is 4.55. The van der Waals surface area contributed by atoms with Gasteiger partial charge in [-0.05, 0) is 49.2 Å². The summed E-state index contributed by atoms with van der Waals surface area (Å²) >= 11 is 0. The Morgan fingerprint density at radius 3 is 2.71 bits per heavy atom. The number of hydrogen-bond donors (Lipinski definition) is 2. The van der Waals surface area contributed by atoms with Gasteiger partial charge in [-0.15, -0.1) is 0 Å². The van der Waals surface area contributed by atoms with Gasteiger partial charge in [0.15, 0.2) is 0 Å². The Morgan fingerprint density at radius 2 is 2.00 bits per heavy atom. The number of amides is 1. The average Bonchev–Trinajstić information content (AvgIpc) is 2.48. The molecule has 0 aromatic heterocycles. The van der Waals surface area contributed by atoms with Gasteiger partial charge in [-0.25, -0.2) is 10.2 Å². The molecule has 0 saturated carbocycles. The molecule has 3 N–H and O–H groups in total.